The molecule has 1 N–H and O–H groups in total. The zero-order chi connectivity index (χ0) is 15.8. The number of hydrogen-bond donors (Lipinski definition) is 1. The summed E-state index contributed by atoms with van der Waals surface area (Å²) in [6.07, 6.45) is 0. The van der Waals surface area contributed by atoms with Crippen LogP contribution in [0.3, 0.4) is 0 Å². The third-order valence-electron chi connectivity index (χ3n) is 3.28. The highest BCUT2D eigenvalue weighted by atomic mass is 35.5. The molecule has 8 heteroatoms. The Balaban J connectivity index is 2.44. The molecule has 4 nitrogen and oxygen atoms in total. The summed E-state index contributed by atoms with van der Waals surface area (Å²) in [7, 11) is -3.69. The molecule has 1 aromatic rings. The van der Waals surface area contributed by atoms with Crippen LogP contribution in [0, 0.1) is 0 Å². The lowest BCUT2D eigenvalue weighted by atomic mass is 10.2. The van der Waals surface area contributed by atoms with Crippen LogP contribution in [0.4, 0.5) is 0 Å². The Morgan fingerprint density at radius 1 is 1.33 bits per heavy atom. The quantitative estimate of drug-likeness (QED) is 0.889. The van der Waals surface area contributed by atoms with Crippen LogP contribution in [-0.2, 0) is 16.6 Å². The molecule has 21 heavy (non-hydrogen) atoms. The fraction of sp³-hybridized carbons (Fsp3) is 0.538. The summed E-state index contributed by atoms with van der Waals surface area (Å²) in [5.74, 6) is 0.740. The monoisotopic (exact) mass is 369 g/mol. The van der Waals surface area contributed by atoms with Gasteiger partial charge in [-0.3, -0.25) is 0 Å². The standard InChI is InChI=1S/C13H17Cl2NO3S2/c1-13(2)8-16(3-4-20-13)21(18,19)12-5-9(7-17)10(14)6-11(12)15/h5-6,17H,3-4,7-8H2,1-2H3. The van der Waals surface area contributed by atoms with E-state index in [4.69, 9.17) is 23.2 Å². The Labute approximate surface area is 139 Å². The number of nitrogens with zero attached hydrogens (tertiary/aromatic N) is 1. The highest BCUT2D eigenvalue weighted by Gasteiger charge is 2.35. The van der Waals surface area contributed by atoms with Gasteiger partial charge in [-0.15, -0.1) is 0 Å². The van der Waals surface area contributed by atoms with Crippen molar-refractivity contribution in [3.05, 3.63) is 27.7 Å². The number of hydrogen-bond acceptors (Lipinski definition) is 4. The molecule has 0 bridgehead atoms. The largest absolute Gasteiger partial charge is 0.392 e. The molecule has 0 radical (unpaired) electrons. The molecule has 0 amide bonds. The van der Waals surface area contributed by atoms with E-state index in [1.807, 2.05) is 13.8 Å². The second-order valence-corrected chi connectivity index (χ2v) is 10.0. The maximum absolute atomic E-state index is 12.8. The van der Waals surface area contributed by atoms with Crippen molar-refractivity contribution < 1.29 is 13.5 Å². The van der Waals surface area contributed by atoms with Crippen LogP contribution in [0.2, 0.25) is 10.0 Å². The van der Waals surface area contributed by atoms with E-state index in [0.29, 0.717) is 18.7 Å². The Morgan fingerprint density at radius 2 is 2.00 bits per heavy atom. The van der Waals surface area contributed by atoms with E-state index in [-0.39, 0.29) is 26.3 Å². The Kier molecular flexibility index (Phi) is 5.18. The second-order valence-electron chi connectivity index (χ2n) is 5.48. The molecule has 0 spiro atoms. The van der Waals surface area contributed by atoms with E-state index in [1.165, 1.54) is 16.4 Å². The smallest absolute Gasteiger partial charge is 0.244 e. The molecular formula is C13H17Cl2NO3S2. The second kappa shape index (κ2) is 6.26. The predicted molar refractivity (Wildman–Crippen MR) is 87.7 cm³/mol. The van der Waals surface area contributed by atoms with Gasteiger partial charge in [0, 0.05) is 28.6 Å². The van der Waals surface area contributed by atoms with Gasteiger partial charge in [0.05, 0.1) is 11.6 Å². The molecule has 0 aliphatic carbocycles. The summed E-state index contributed by atoms with van der Waals surface area (Å²) in [5, 5.41) is 9.59. The SMILES string of the molecule is CC1(C)CN(S(=O)(=O)c2cc(CO)c(Cl)cc2Cl)CCS1. The molecule has 0 saturated carbocycles. The predicted octanol–water partition coefficient (Wildman–Crippen LogP) is 3.00. The lowest BCUT2D eigenvalue weighted by Crippen LogP contribution is -2.46. The molecule has 0 unspecified atom stereocenters. The van der Waals surface area contributed by atoms with Crippen molar-refractivity contribution in [3.8, 4) is 0 Å². The Hall–Kier alpha value is 0.0200. The summed E-state index contributed by atoms with van der Waals surface area (Å²) in [4.78, 5) is 0.000293. The van der Waals surface area contributed by atoms with E-state index in [9.17, 15) is 13.5 Å². The molecule has 118 valence electrons. The van der Waals surface area contributed by atoms with Crippen molar-refractivity contribution in [2.24, 2.45) is 0 Å². The molecular weight excluding hydrogens is 353 g/mol. The van der Waals surface area contributed by atoms with E-state index in [1.54, 1.807) is 11.8 Å². The topological polar surface area (TPSA) is 57.6 Å². The fourth-order valence-corrected chi connectivity index (χ4v) is 5.95. The van der Waals surface area contributed by atoms with Crippen molar-refractivity contribution >= 4 is 45.0 Å². The maximum Gasteiger partial charge on any atom is 0.244 e. The molecule has 1 saturated heterocycles. The average molecular weight is 370 g/mol. The van der Waals surface area contributed by atoms with Gasteiger partial charge in [0.1, 0.15) is 4.90 Å². The number of rotatable bonds is 3. The van der Waals surface area contributed by atoms with E-state index < -0.39 is 10.0 Å². The van der Waals surface area contributed by atoms with Crippen molar-refractivity contribution in [2.45, 2.75) is 30.1 Å². The molecule has 1 aromatic carbocycles. The van der Waals surface area contributed by atoms with Crippen LogP contribution in [0.15, 0.2) is 17.0 Å². The first kappa shape index (κ1) is 17.4. The van der Waals surface area contributed by atoms with E-state index in [0.717, 1.165) is 5.75 Å². The van der Waals surface area contributed by atoms with Gasteiger partial charge in [-0.2, -0.15) is 16.1 Å². The van der Waals surface area contributed by atoms with Gasteiger partial charge in [0.15, 0.2) is 0 Å². The minimum Gasteiger partial charge on any atom is -0.392 e. The van der Waals surface area contributed by atoms with Crippen LogP contribution in [0.5, 0.6) is 0 Å². The van der Waals surface area contributed by atoms with Gasteiger partial charge in [-0.1, -0.05) is 23.2 Å². The Morgan fingerprint density at radius 3 is 2.57 bits per heavy atom. The lowest BCUT2D eigenvalue weighted by Gasteiger charge is -2.36. The highest BCUT2D eigenvalue weighted by Crippen LogP contribution is 2.35. The summed E-state index contributed by atoms with van der Waals surface area (Å²) in [6.45, 7) is 4.57. The minimum absolute atomic E-state index is 0.000293. The summed E-state index contributed by atoms with van der Waals surface area (Å²) >= 11 is 13.7. The normalized spacial score (nSPS) is 19.7. The zero-order valence-corrected chi connectivity index (χ0v) is 14.9. The minimum atomic E-state index is -3.69. The van der Waals surface area contributed by atoms with Gasteiger partial charge in [0.25, 0.3) is 0 Å². The van der Waals surface area contributed by atoms with Crippen molar-refractivity contribution in [2.75, 3.05) is 18.8 Å². The number of thioether (sulfide) groups is 1. The number of sulfonamides is 1. The average Bonchev–Trinajstić information content (AvgIpc) is 2.37. The molecule has 0 atom stereocenters. The van der Waals surface area contributed by atoms with Gasteiger partial charge < -0.3 is 5.11 Å². The fourth-order valence-electron chi connectivity index (χ4n) is 2.21. The highest BCUT2D eigenvalue weighted by molar-refractivity contribution is 8.00. The number of benzene rings is 1. The number of aliphatic hydroxyl groups excluding tert-OH is 1. The van der Waals surface area contributed by atoms with E-state index in [2.05, 4.69) is 0 Å². The van der Waals surface area contributed by atoms with Crippen LogP contribution in [-0.4, -0.2) is 41.4 Å². The van der Waals surface area contributed by atoms with Crippen LogP contribution < -0.4 is 0 Å². The molecule has 1 aliphatic rings. The first-order chi connectivity index (χ1) is 9.67. The summed E-state index contributed by atoms with van der Waals surface area (Å²) in [6, 6.07) is 2.72. The van der Waals surface area contributed by atoms with Crippen LogP contribution in [0.1, 0.15) is 19.4 Å². The van der Waals surface area contributed by atoms with Gasteiger partial charge in [-0.25, -0.2) is 8.42 Å². The summed E-state index contributed by atoms with van der Waals surface area (Å²) < 4.78 is 26.9. The molecule has 1 fully saturated rings. The molecule has 2 rings (SSSR count). The maximum atomic E-state index is 12.8. The molecule has 1 aliphatic heterocycles. The third kappa shape index (κ3) is 3.68. The van der Waals surface area contributed by atoms with Crippen molar-refractivity contribution in [1.82, 2.24) is 4.31 Å². The lowest BCUT2D eigenvalue weighted by molar-refractivity contribution is 0.281. The molecule has 1 heterocycles. The van der Waals surface area contributed by atoms with Gasteiger partial charge in [-0.05, 0) is 31.5 Å². The molecule has 0 aromatic heterocycles. The first-order valence-electron chi connectivity index (χ1n) is 6.40. The first-order valence-corrected chi connectivity index (χ1v) is 9.58. The zero-order valence-electron chi connectivity index (χ0n) is 11.8. The Bertz CT molecular complexity index is 647. The van der Waals surface area contributed by atoms with Crippen molar-refractivity contribution in [1.29, 1.82) is 0 Å². The van der Waals surface area contributed by atoms with Gasteiger partial charge in [0.2, 0.25) is 10.0 Å². The van der Waals surface area contributed by atoms with Crippen LogP contribution in [0.25, 0.3) is 0 Å². The number of halogens is 2. The third-order valence-corrected chi connectivity index (χ3v) is 7.24. The summed E-state index contributed by atoms with van der Waals surface area (Å²) in [5.41, 5.74) is 0.352. The van der Waals surface area contributed by atoms with Crippen molar-refractivity contribution in [3.63, 3.8) is 0 Å². The van der Waals surface area contributed by atoms with Crippen LogP contribution >= 0.6 is 35.0 Å². The van der Waals surface area contributed by atoms with Gasteiger partial charge >= 0.3 is 0 Å². The van der Waals surface area contributed by atoms with E-state index >= 15 is 0 Å². The number of aliphatic hydroxyl groups is 1.